The molecule has 7 heteroatoms. The molecule has 0 unspecified atom stereocenters. The van der Waals surface area contributed by atoms with Crippen molar-refractivity contribution in [3.63, 3.8) is 0 Å². The predicted molar refractivity (Wildman–Crippen MR) is 132 cm³/mol. The second-order valence-corrected chi connectivity index (χ2v) is 8.35. The molecule has 160 valence electrons. The van der Waals surface area contributed by atoms with E-state index in [0.717, 1.165) is 14.7 Å². The number of nitrogens with zero attached hydrogens (tertiary/aromatic N) is 1. The van der Waals surface area contributed by atoms with Crippen molar-refractivity contribution in [2.75, 3.05) is 6.61 Å². The molecule has 0 aromatic heterocycles. The standard InChI is InChI=1S/C24H22ClIN2O3/c1-3-30-22-13-18(14-27-28-24(29)19-7-9-20(25)10-8-19)12-21(26)23(22)31-15-17-6-4-5-16(2)11-17/h4-14H,3,15H2,1-2H3,(H,28,29)/b27-14-. The molecule has 1 N–H and O–H groups in total. The van der Waals surface area contributed by atoms with Crippen LogP contribution in [0.2, 0.25) is 5.02 Å². The van der Waals surface area contributed by atoms with E-state index >= 15 is 0 Å². The molecule has 3 aromatic rings. The van der Waals surface area contributed by atoms with Gasteiger partial charge < -0.3 is 9.47 Å². The van der Waals surface area contributed by atoms with Gasteiger partial charge in [0.2, 0.25) is 0 Å². The molecule has 0 saturated heterocycles. The zero-order chi connectivity index (χ0) is 22.2. The van der Waals surface area contributed by atoms with Crippen LogP contribution in [0.15, 0.2) is 65.8 Å². The monoisotopic (exact) mass is 548 g/mol. The van der Waals surface area contributed by atoms with E-state index in [1.165, 1.54) is 5.56 Å². The lowest BCUT2D eigenvalue weighted by molar-refractivity contribution is 0.0955. The van der Waals surface area contributed by atoms with Crippen molar-refractivity contribution in [2.45, 2.75) is 20.5 Å². The van der Waals surface area contributed by atoms with Crippen LogP contribution in [0.1, 0.15) is 34.0 Å². The van der Waals surface area contributed by atoms with Gasteiger partial charge in [0.05, 0.1) is 16.4 Å². The van der Waals surface area contributed by atoms with Gasteiger partial charge in [-0.05, 0) is 84.0 Å². The van der Waals surface area contributed by atoms with E-state index in [0.29, 0.717) is 35.3 Å². The van der Waals surface area contributed by atoms with Crippen LogP contribution in [0.3, 0.4) is 0 Å². The summed E-state index contributed by atoms with van der Waals surface area (Å²) in [7, 11) is 0. The Hall–Kier alpha value is -2.58. The molecule has 0 aliphatic carbocycles. The number of hydrogen-bond acceptors (Lipinski definition) is 4. The number of amides is 1. The van der Waals surface area contributed by atoms with Crippen molar-refractivity contribution in [1.29, 1.82) is 0 Å². The van der Waals surface area contributed by atoms with Crippen molar-refractivity contribution in [2.24, 2.45) is 5.10 Å². The molecule has 0 atom stereocenters. The highest BCUT2D eigenvalue weighted by atomic mass is 127. The minimum Gasteiger partial charge on any atom is -0.490 e. The lowest BCUT2D eigenvalue weighted by Gasteiger charge is -2.15. The van der Waals surface area contributed by atoms with E-state index in [2.05, 4.69) is 52.2 Å². The smallest absolute Gasteiger partial charge is 0.271 e. The zero-order valence-corrected chi connectivity index (χ0v) is 20.1. The van der Waals surface area contributed by atoms with Crippen molar-refractivity contribution >= 4 is 46.3 Å². The van der Waals surface area contributed by atoms with Gasteiger partial charge in [0, 0.05) is 10.6 Å². The molecule has 0 heterocycles. The van der Waals surface area contributed by atoms with Crippen molar-refractivity contribution in [1.82, 2.24) is 5.43 Å². The predicted octanol–water partition coefficient (Wildman–Crippen LogP) is 5.99. The Bertz CT molecular complexity index is 1080. The second kappa shape index (κ2) is 11.2. The molecule has 31 heavy (non-hydrogen) atoms. The third kappa shape index (κ3) is 6.70. The SMILES string of the molecule is CCOc1cc(/C=N\NC(=O)c2ccc(Cl)cc2)cc(I)c1OCc1cccc(C)c1. The van der Waals surface area contributed by atoms with Gasteiger partial charge in [-0.1, -0.05) is 41.4 Å². The van der Waals surface area contributed by atoms with Crippen LogP contribution in [-0.2, 0) is 6.61 Å². The van der Waals surface area contributed by atoms with Crippen LogP contribution in [0.25, 0.3) is 0 Å². The fourth-order valence-corrected chi connectivity index (χ4v) is 3.76. The Balaban J connectivity index is 1.72. The number of hydrogen-bond donors (Lipinski definition) is 1. The van der Waals surface area contributed by atoms with E-state index in [-0.39, 0.29) is 5.91 Å². The molecule has 0 aliphatic rings. The Morgan fingerprint density at radius 2 is 1.90 bits per heavy atom. The molecular weight excluding hydrogens is 527 g/mol. The summed E-state index contributed by atoms with van der Waals surface area (Å²) in [5.41, 5.74) is 6.06. The minimum absolute atomic E-state index is 0.314. The van der Waals surface area contributed by atoms with Gasteiger partial charge in [-0.25, -0.2) is 5.43 Å². The molecule has 1 amide bonds. The molecule has 0 spiro atoms. The first-order chi connectivity index (χ1) is 15.0. The van der Waals surface area contributed by atoms with Gasteiger partial charge in [0.15, 0.2) is 11.5 Å². The molecule has 0 bridgehead atoms. The Kier molecular flexibility index (Phi) is 8.31. The van der Waals surface area contributed by atoms with Crippen LogP contribution in [0.4, 0.5) is 0 Å². The normalized spacial score (nSPS) is 10.8. The van der Waals surface area contributed by atoms with Gasteiger partial charge in [0.1, 0.15) is 6.61 Å². The summed E-state index contributed by atoms with van der Waals surface area (Å²) >= 11 is 8.06. The van der Waals surface area contributed by atoms with Crippen LogP contribution in [0.5, 0.6) is 11.5 Å². The Morgan fingerprint density at radius 3 is 2.61 bits per heavy atom. The number of nitrogens with one attached hydrogen (secondary N) is 1. The van der Waals surface area contributed by atoms with Crippen molar-refractivity contribution < 1.29 is 14.3 Å². The van der Waals surface area contributed by atoms with E-state index < -0.39 is 0 Å². The van der Waals surface area contributed by atoms with Gasteiger partial charge in [-0.2, -0.15) is 5.10 Å². The molecule has 0 radical (unpaired) electrons. The fraction of sp³-hybridized carbons (Fsp3) is 0.167. The summed E-state index contributed by atoms with van der Waals surface area (Å²) < 4.78 is 12.7. The number of benzene rings is 3. The molecule has 3 rings (SSSR count). The van der Waals surface area contributed by atoms with Crippen LogP contribution >= 0.6 is 34.2 Å². The van der Waals surface area contributed by atoms with Gasteiger partial charge in [0.25, 0.3) is 5.91 Å². The number of carbonyl (C=O) groups is 1. The summed E-state index contributed by atoms with van der Waals surface area (Å²) in [4.78, 5) is 12.2. The lowest BCUT2D eigenvalue weighted by atomic mass is 10.1. The highest BCUT2D eigenvalue weighted by Gasteiger charge is 2.12. The third-order valence-corrected chi connectivity index (χ3v) is 5.34. The Labute approximate surface area is 200 Å². The van der Waals surface area contributed by atoms with Gasteiger partial charge in [-0.15, -0.1) is 0 Å². The average Bonchev–Trinajstić information content (AvgIpc) is 2.74. The summed E-state index contributed by atoms with van der Waals surface area (Å²) in [6, 6.07) is 18.6. The summed E-state index contributed by atoms with van der Waals surface area (Å²) in [5, 5.41) is 4.63. The third-order valence-electron chi connectivity index (χ3n) is 4.28. The number of halogens is 2. The summed E-state index contributed by atoms with van der Waals surface area (Å²) in [6.07, 6.45) is 1.57. The minimum atomic E-state index is -0.314. The number of hydrazone groups is 1. The van der Waals surface area contributed by atoms with E-state index in [4.69, 9.17) is 21.1 Å². The van der Waals surface area contributed by atoms with Crippen molar-refractivity contribution in [3.05, 3.63) is 91.5 Å². The average molecular weight is 549 g/mol. The zero-order valence-electron chi connectivity index (χ0n) is 17.2. The number of aryl methyl sites for hydroxylation is 1. The molecule has 0 fully saturated rings. The Morgan fingerprint density at radius 1 is 1.13 bits per heavy atom. The molecule has 5 nitrogen and oxygen atoms in total. The largest absolute Gasteiger partial charge is 0.490 e. The maximum absolute atomic E-state index is 12.2. The molecule has 0 aliphatic heterocycles. The molecule has 0 saturated carbocycles. The van der Waals surface area contributed by atoms with Crippen LogP contribution in [0, 0.1) is 10.5 Å². The summed E-state index contributed by atoms with van der Waals surface area (Å²) in [6.45, 7) is 4.93. The number of ether oxygens (including phenoxy) is 2. The van der Waals surface area contributed by atoms with Crippen LogP contribution < -0.4 is 14.9 Å². The van der Waals surface area contributed by atoms with Gasteiger partial charge in [-0.3, -0.25) is 4.79 Å². The van der Waals surface area contributed by atoms with Crippen LogP contribution in [-0.4, -0.2) is 18.7 Å². The van der Waals surface area contributed by atoms with Gasteiger partial charge >= 0.3 is 0 Å². The lowest BCUT2D eigenvalue weighted by Crippen LogP contribution is -2.17. The van der Waals surface area contributed by atoms with Crippen molar-refractivity contribution in [3.8, 4) is 11.5 Å². The van der Waals surface area contributed by atoms with E-state index in [1.54, 1.807) is 30.5 Å². The first kappa shape index (κ1) is 23.1. The maximum atomic E-state index is 12.2. The highest BCUT2D eigenvalue weighted by Crippen LogP contribution is 2.34. The number of carbonyl (C=O) groups excluding carboxylic acids is 1. The topological polar surface area (TPSA) is 59.9 Å². The first-order valence-corrected chi connectivity index (χ1v) is 11.2. The maximum Gasteiger partial charge on any atom is 0.271 e. The highest BCUT2D eigenvalue weighted by molar-refractivity contribution is 14.1. The second-order valence-electron chi connectivity index (χ2n) is 6.75. The fourth-order valence-electron chi connectivity index (χ4n) is 2.85. The number of rotatable bonds is 8. The summed E-state index contributed by atoms with van der Waals surface area (Å²) in [5.74, 6) is 1.00. The van der Waals surface area contributed by atoms with E-state index in [9.17, 15) is 4.79 Å². The van der Waals surface area contributed by atoms with E-state index in [1.807, 2.05) is 31.2 Å². The molecule has 3 aromatic carbocycles. The first-order valence-electron chi connectivity index (χ1n) is 9.70. The quantitative estimate of drug-likeness (QED) is 0.214. The molecular formula is C24H22ClIN2O3.